The van der Waals surface area contributed by atoms with Gasteiger partial charge < -0.3 is 4.57 Å². The number of rotatable bonds is 7. The Hall–Kier alpha value is -3.21. The van der Waals surface area contributed by atoms with Crippen molar-refractivity contribution in [1.29, 1.82) is 0 Å². The van der Waals surface area contributed by atoms with Gasteiger partial charge in [-0.05, 0) is 23.6 Å². The highest BCUT2D eigenvalue weighted by molar-refractivity contribution is 5.96. The molecule has 0 bridgehead atoms. The highest BCUT2D eigenvalue weighted by Crippen LogP contribution is 2.14. The molecule has 0 fully saturated rings. The molecule has 3 rings (SSSR count). The van der Waals surface area contributed by atoms with E-state index in [4.69, 9.17) is 0 Å². The average molecular weight is 347 g/mol. The van der Waals surface area contributed by atoms with Gasteiger partial charge in [0.25, 0.3) is 5.56 Å². The molecule has 2 heterocycles. The largest absolute Gasteiger partial charge is 0.307 e. The SMILES string of the molecule is C=Cc1ccc(=O)n(CC(=O)c2cnn(Cc3ccccc3)c2CC)c1. The zero-order chi connectivity index (χ0) is 18.5. The molecule has 132 valence electrons. The Labute approximate surface area is 152 Å². The third-order valence-electron chi connectivity index (χ3n) is 4.32. The first-order valence-electron chi connectivity index (χ1n) is 8.57. The second-order valence-corrected chi connectivity index (χ2v) is 6.06. The van der Waals surface area contributed by atoms with Crippen molar-refractivity contribution in [3.05, 3.63) is 94.2 Å². The van der Waals surface area contributed by atoms with Crippen molar-refractivity contribution in [1.82, 2.24) is 14.3 Å². The second-order valence-electron chi connectivity index (χ2n) is 6.06. The van der Waals surface area contributed by atoms with Gasteiger partial charge >= 0.3 is 0 Å². The van der Waals surface area contributed by atoms with E-state index < -0.39 is 0 Å². The lowest BCUT2D eigenvalue weighted by atomic mass is 10.1. The molecule has 0 aliphatic carbocycles. The third kappa shape index (κ3) is 3.72. The predicted molar refractivity (Wildman–Crippen MR) is 102 cm³/mol. The van der Waals surface area contributed by atoms with Crippen LogP contribution in [0.15, 0.2) is 66.2 Å². The van der Waals surface area contributed by atoms with E-state index >= 15 is 0 Å². The van der Waals surface area contributed by atoms with Crippen molar-refractivity contribution in [3.8, 4) is 0 Å². The molecule has 0 spiro atoms. The van der Waals surface area contributed by atoms with Crippen LogP contribution in [0.4, 0.5) is 0 Å². The van der Waals surface area contributed by atoms with Crippen LogP contribution in [0.3, 0.4) is 0 Å². The molecule has 0 aliphatic heterocycles. The van der Waals surface area contributed by atoms with E-state index in [1.807, 2.05) is 41.9 Å². The Morgan fingerprint density at radius 1 is 1.19 bits per heavy atom. The van der Waals surface area contributed by atoms with Crippen LogP contribution in [0.25, 0.3) is 6.08 Å². The van der Waals surface area contributed by atoms with Crippen molar-refractivity contribution in [3.63, 3.8) is 0 Å². The fraction of sp³-hybridized carbons (Fsp3) is 0.190. The molecule has 3 aromatic rings. The van der Waals surface area contributed by atoms with Crippen molar-refractivity contribution in [2.45, 2.75) is 26.4 Å². The van der Waals surface area contributed by atoms with Gasteiger partial charge in [-0.3, -0.25) is 14.3 Å². The maximum Gasteiger partial charge on any atom is 0.250 e. The molecule has 0 saturated heterocycles. The maximum atomic E-state index is 12.8. The van der Waals surface area contributed by atoms with Gasteiger partial charge in [0.2, 0.25) is 0 Å². The van der Waals surface area contributed by atoms with E-state index in [0.717, 1.165) is 16.8 Å². The number of Topliss-reactive ketones (excluding diaryl/α,β-unsaturated/α-hetero) is 1. The minimum Gasteiger partial charge on any atom is -0.307 e. The molecule has 0 atom stereocenters. The van der Waals surface area contributed by atoms with Gasteiger partial charge in [-0.15, -0.1) is 0 Å². The summed E-state index contributed by atoms with van der Waals surface area (Å²) in [5.41, 5.74) is 3.16. The van der Waals surface area contributed by atoms with Gasteiger partial charge in [-0.25, -0.2) is 0 Å². The normalized spacial score (nSPS) is 10.7. The fourth-order valence-electron chi connectivity index (χ4n) is 2.94. The Morgan fingerprint density at radius 2 is 1.96 bits per heavy atom. The Morgan fingerprint density at radius 3 is 2.65 bits per heavy atom. The number of nitrogens with zero attached hydrogens (tertiary/aromatic N) is 3. The van der Waals surface area contributed by atoms with Gasteiger partial charge in [-0.2, -0.15) is 5.10 Å². The van der Waals surface area contributed by atoms with Gasteiger partial charge in [0.15, 0.2) is 5.78 Å². The highest BCUT2D eigenvalue weighted by atomic mass is 16.1. The van der Waals surface area contributed by atoms with Crippen LogP contribution in [0.5, 0.6) is 0 Å². The molecular weight excluding hydrogens is 326 g/mol. The fourth-order valence-corrected chi connectivity index (χ4v) is 2.94. The first kappa shape index (κ1) is 17.6. The topological polar surface area (TPSA) is 56.9 Å². The molecule has 0 N–H and O–H groups in total. The summed E-state index contributed by atoms with van der Waals surface area (Å²) in [6.07, 6.45) is 5.59. The highest BCUT2D eigenvalue weighted by Gasteiger charge is 2.17. The number of carbonyl (C=O) groups excluding carboxylic acids is 1. The monoisotopic (exact) mass is 347 g/mol. The summed E-state index contributed by atoms with van der Waals surface area (Å²) in [7, 11) is 0. The lowest BCUT2D eigenvalue weighted by Crippen LogP contribution is -2.23. The smallest absolute Gasteiger partial charge is 0.250 e. The first-order valence-corrected chi connectivity index (χ1v) is 8.57. The average Bonchev–Trinajstić information content (AvgIpc) is 3.07. The van der Waals surface area contributed by atoms with Gasteiger partial charge in [-0.1, -0.05) is 49.9 Å². The second kappa shape index (κ2) is 7.78. The van der Waals surface area contributed by atoms with Crippen LogP contribution in [-0.2, 0) is 19.5 Å². The lowest BCUT2D eigenvalue weighted by molar-refractivity contribution is 0.0970. The molecule has 0 unspecified atom stereocenters. The van der Waals surface area contributed by atoms with Crippen LogP contribution in [0, 0.1) is 0 Å². The molecule has 1 aromatic carbocycles. The molecule has 5 nitrogen and oxygen atoms in total. The lowest BCUT2D eigenvalue weighted by Gasteiger charge is -2.09. The summed E-state index contributed by atoms with van der Waals surface area (Å²) in [6, 6.07) is 13.1. The number of carbonyl (C=O) groups is 1. The molecule has 2 aromatic heterocycles. The van der Waals surface area contributed by atoms with Crippen LogP contribution >= 0.6 is 0 Å². The van der Waals surface area contributed by atoms with E-state index in [0.29, 0.717) is 18.5 Å². The summed E-state index contributed by atoms with van der Waals surface area (Å²) in [4.78, 5) is 24.8. The van der Waals surface area contributed by atoms with Crippen LogP contribution in [-0.4, -0.2) is 20.1 Å². The summed E-state index contributed by atoms with van der Waals surface area (Å²) >= 11 is 0. The molecule has 0 aliphatic rings. The van der Waals surface area contributed by atoms with E-state index in [2.05, 4.69) is 11.7 Å². The van der Waals surface area contributed by atoms with Crippen molar-refractivity contribution < 1.29 is 4.79 Å². The van der Waals surface area contributed by atoms with Crippen LogP contribution in [0.2, 0.25) is 0 Å². The van der Waals surface area contributed by atoms with Gasteiger partial charge in [0.1, 0.15) is 0 Å². The zero-order valence-electron chi connectivity index (χ0n) is 14.8. The standard InChI is InChI=1S/C21H21N3O2/c1-3-16-10-11-21(26)23(13-16)15-20(25)18-12-22-24(19(18)4-2)14-17-8-6-5-7-9-17/h3,5-13H,1,4,14-15H2,2H3. The molecule has 5 heteroatoms. The summed E-state index contributed by atoms with van der Waals surface area (Å²) in [5.74, 6) is -0.121. The van der Waals surface area contributed by atoms with Crippen LogP contribution in [0.1, 0.15) is 34.1 Å². The minimum atomic E-state index is -0.210. The molecule has 0 saturated carbocycles. The number of ketones is 1. The molecular formula is C21H21N3O2. The zero-order valence-corrected chi connectivity index (χ0v) is 14.8. The molecule has 26 heavy (non-hydrogen) atoms. The van der Waals surface area contributed by atoms with Crippen molar-refractivity contribution in [2.24, 2.45) is 0 Å². The Bertz CT molecular complexity index is 984. The number of pyridine rings is 1. The van der Waals surface area contributed by atoms with Gasteiger partial charge in [0.05, 0.1) is 24.8 Å². The molecule has 0 amide bonds. The summed E-state index contributed by atoms with van der Waals surface area (Å²) in [6.45, 7) is 6.30. The Balaban J connectivity index is 1.86. The quantitative estimate of drug-likeness (QED) is 0.617. The number of hydrogen-bond acceptors (Lipinski definition) is 3. The number of aromatic nitrogens is 3. The van der Waals surface area contributed by atoms with E-state index in [1.165, 1.54) is 10.6 Å². The maximum absolute atomic E-state index is 12.8. The van der Waals surface area contributed by atoms with Gasteiger partial charge in [0, 0.05) is 18.0 Å². The van der Waals surface area contributed by atoms with Crippen LogP contribution < -0.4 is 5.56 Å². The third-order valence-corrected chi connectivity index (χ3v) is 4.32. The van der Waals surface area contributed by atoms with E-state index in [9.17, 15) is 9.59 Å². The Kier molecular flexibility index (Phi) is 5.27. The van der Waals surface area contributed by atoms with Crippen molar-refractivity contribution >= 4 is 11.9 Å². The number of hydrogen-bond donors (Lipinski definition) is 0. The predicted octanol–water partition coefficient (Wildman–Crippen LogP) is 3.18. The van der Waals surface area contributed by atoms with Crippen molar-refractivity contribution in [2.75, 3.05) is 0 Å². The molecule has 0 radical (unpaired) electrons. The van der Waals surface area contributed by atoms with E-state index in [1.54, 1.807) is 24.5 Å². The number of benzene rings is 1. The minimum absolute atomic E-state index is 0.00938. The summed E-state index contributed by atoms with van der Waals surface area (Å²) < 4.78 is 3.26. The first-order chi connectivity index (χ1) is 12.6. The summed E-state index contributed by atoms with van der Waals surface area (Å²) in [5, 5.41) is 4.39. The van der Waals surface area contributed by atoms with E-state index in [-0.39, 0.29) is 17.9 Å².